The van der Waals surface area contributed by atoms with E-state index in [1.807, 2.05) is 0 Å². The highest BCUT2D eigenvalue weighted by Gasteiger charge is 2.40. The quantitative estimate of drug-likeness (QED) is 0.484. The van der Waals surface area contributed by atoms with Crippen molar-refractivity contribution in [2.45, 2.75) is 12.8 Å². The van der Waals surface area contributed by atoms with Crippen molar-refractivity contribution >= 4 is 52.4 Å². The summed E-state index contributed by atoms with van der Waals surface area (Å²) in [4.78, 5) is 24.0. The molecule has 3 unspecified atom stereocenters. The maximum absolute atomic E-state index is 12.1. The van der Waals surface area contributed by atoms with Crippen LogP contribution in [0.25, 0.3) is 0 Å². The smallest absolute Gasteiger partial charge is 0.310 e. The minimum absolute atomic E-state index is 0.133. The van der Waals surface area contributed by atoms with Gasteiger partial charge in [0.25, 0.3) is 5.91 Å². The highest BCUT2D eigenvalue weighted by Crippen LogP contribution is 2.43. The molecule has 2 aliphatic carbocycles. The number of allylic oxidation sites excluding steroid dienone is 2. The first-order valence-electron chi connectivity index (χ1n) is 7.23. The molecule has 0 aromatic heterocycles. The molecule has 1 fully saturated rings. The zero-order chi connectivity index (χ0) is 16.6. The van der Waals surface area contributed by atoms with Crippen molar-refractivity contribution in [2.75, 3.05) is 11.9 Å². The molecular formula is C16H14Cl3NO3. The summed E-state index contributed by atoms with van der Waals surface area (Å²) in [5.41, 5.74) is 0.324. The first kappa shape index (κ1) is 16.6. The number of carbonyl (C=O) groups excluding carboxylic acids is 2. The van der Waals surface area contributed by atoms with Gasteiger partial charge in [0.2, 0.25) is 0 Å². The normalized spacial score (nSPS) is 24.7. The van der Waals surface area contributed by atoms with Crippen LogP contribution in [0.3, 0.4) is 0 Å². The molecule has 1 aromatic carbocycles. The van der Waals surface area contributed by atoms with Gasteiger partial charge < -0.3 is 10.1 Å². The molecule has 2 bridgehead atoms. The predicted molar refractivity (Wildman–Crippen MR) is 89.9 cm³/mol. The number of anilines is 1. The fourth-order valence-electron chi connectivity index (χ4n) is 3.10. The average molecular weight is 375 g/mol. The third-order valence-electron chi connectivity index (χ3n) is 4.21. The average Bonchev–Trinajstić information content (AvgIpc) is 3.13. The van der Waals surface area contributed by atoms with Crippen LogP contribution in [0.2, 0.25) is 15.1 Å². The first-order chi connectivity index (χ1) is 10.9. The van der Waals surface area contributed by atoms with Crippen molar-refractivity contribution in [3.63, 3.8) is 0 Å². The molecule has 23 heavy (non-hydrogen) atoms. The maximum atomic E-state index is 12.1. The molecule has 0 heterocycles. The van der Waals surface area contributed by atoms with Crippen LogP contribution in [0, 0.1) is 17.8 Å². The lowest BCUT2D eigenvalue weighted by atomic mass is 9.94. The number of benzene rings is 1. The lowest BCUT2D eigenvalue weighted by Crippen LogP contribution is -2.26. The van der Waals surface area contributed by atoms with E-state index >= 15 is 0 Å². The number of ether oxygens (including phenoxy) is 1. The number of carbonyl (C=O) groups is 2. The molecule has 1 amide bonds. The number of hydrogen-bond acceptors (Lipinski definition) is 3. The van der Waals surface area contributed by atoms with Crippen LogP contribution in [0.1, 0.15) is 12.8 Å². The molecule has 0 saturated heterocycles. The van der Waals surface area contributed by atoms with E-state index in [-0.39, 0.29) is 34.5 Å². The number of hydrogen-bond donors (Lipinski definition) is 1. The lowest BCUT2D eigenvalue weighted by molar-refractivity contribution is -0.152. The van der Waals surface area contributed by atoms with Gasteiger partial charge in [0.15, 0.2) is 6.61 Å². The van der Waals surface area contributed by atoms with Gasteiger partial charge in [0, 0.05) is 0 Å². The highest BCUT2D eigenvalue weighted by atomic mass is 35.5. The summed E-state index contributed by atoms with van der Waals surface area (Å²) < 4.78 is 5.12. The van der Waals surface area contributed by atoms with Crippen LogP contribution in [0.15, 0.2) is 24.3 Å². The van der Waals surface area contributed by atoms with E-state index in [1.165, 1.54) is 12.1 Å². The SMILES string of the molecule is O=C(COC(=O)C1CC2C=CC1C2)Nc1cc(Cl)c(Cl)cc1Cl. The summed E-state index contributed by atoms with van der Waals surface area (Å²) in [7, 11) is 0. The summed E-state index contributed by atoms with van der Waals surface area (Å²) >= 11 is 17.7. The Labute approximate surface area is 148 Å². The Kier molecular flexibility index (Phi) is 4.85. The van der Waals surface area contributed by atoms with Gasteiger partial charge in [0.1, 0.15) is 0 Å². The van der Waals surface area contributed by atoms with Gasteiger partial charge in [-0.15, -0.1) is 0 Å². The molecule has 2 aliphatic rings. The molecule has 1 saturated carbocycles. The number of amides is 1. The largest absolute Gasteiger partial charge is 0.455 e. The second-order valence-electron chi connectivity index (χ2n) is 5.79. The minimum Gasteiger partial charge on any atom is -0.455 e. The summed E-state index contributed by atoms with van der Waals surface area (Å²) in [6, 6.07) is 2.89. The molecule has 3 atom stereocenters. The van der Waals surface area contributed by atoms with Gasteiger partial charge in [-0.1, -0.05) is 47.0 Å². The van der Waals surface area contributed by atoms with Gasteiger partial charge in [-0.05, 0) is 36.8 Å². The van der Waals surface area contributed by atoms with Crippen LogP contribution in [0.4, 0.5) is 5.69 Å². The van der Waals surface area contributed by atoms with Crippen LogP contribution in [-0.2, 0) is 14.3 Å². The number of rotatable bonds is 4. The summed E-state index contributed by atoms with van der Waals surface area (Å²) in [5, 5.41) is 3.39. The first-order valence-corrected chi connectivity index (χ1v) is 8.37. The standard InChI is InChI=1S/C16H14Cl3NO3/c17-11-5-13(19)14(6-12(11)18)20-15(21)7-23-16(22)10-4-8-1-2-9(10)3-8/h1-2,5-6,8-10H,3-4,7H2,(H,20,21). The van der Waals surface area contributed by atoms with Gasteiger partial charge in [-0.25, -0.2) is 0 Å². The van der Waals surface area contributed by atoms with Crippen molar-refractivity contribution in [3.05, 3.63) is 39.4 Å². The number of halogens is 3. The number of fused-ring (bicyclic) bond motifs is 2. The van der Waals surface area contributed by atoms with E-state index in [9.17, 15) is 9.59 Å². The molecule has 7 heteroatoms. The third kappa shape index (κ3) is 3.65. The van der Waals surface area contributed by atoms with Crippen molar-refractivity contribution in [3.8, 4) is 0 Å². The van der Waals surface area contributed by atoms with E-state index in [2.05, 4.69) is 17.5 Å². The topological polar surface area (TPSA) is 55.4 Å². The highest BCUT2D eigenvalue weighted by molar-refractivity contribution is 6.44. The molecular weight excluding hydrogens is 361 g/mol. The van der Waals surface area contributed by atoms with Crippen LogP contribution >= 0.6 is 34.8 Å². The third-order valence-corrected chi connectivity index (χ3v) is 5.25. The number of nitrogens with one attached hydrogen (secondary N) is 1. The molecule has 0 radical (unpaired) electrons. The Hall–Kier alpha value is -1.23. The van der Waals surface area contributed by atoms with Gasteiger partial charge in [-0.3, -0.25) is 9.59 Å². The zero-order valence-corrected chi connectivity index (χ0v) is 14.3. The Morgan fingerprint density at radius 1 is 1.09 bits per heavy atom. The lowest BCUT2D eigenvalue weighted by Gasteiger charge is -2.16. The van der Waals surface area contributed by atoms with Crippen molar-refractivity contribution in [1.82, 2.24) is 0 Å². The fraction of sp³-hybridized carbons (Fsp3) is 0.375. The minimum atomic E-state index is -0.475. The van der Waals surface area contributed by atoms with E-state index in [4.69, 9.17) is 39.5 Å². The van der Waals surface area contributed by atoms with E-state index in [1.54, 1.807) is 0 Å². The molecule has 3 rings (SSSR count). The van der Waals surface area contributed by atoms with Crippen molar-refractivity contribution in [2.24, 2.45) is 17.8 Å². The van der Waals surface area contributed by atoms with Gasteiger partial charge >= 0.3 is 5.97 Å². The molecule has 1 N–H and O–H groups in total. The maximum Gasteiger partial charge on any atom is 0.310 e. The molecule has 122 valence electrons. The molecule has 1 aromatic rings. The summed E-state index contributed by atoms with van der Waals surface area (Å²) in [6.07, 6.45) is 6.02. The van der Waals surface area contributed by atoms with E-state index in [0.29, 0.717) is 16.6 Å². The van der Waals surface area contributed by atoms with Crippen LogP contribution < -0.4 is 5.32 Å². The second-order valence-corrected chi connectivity index (χ2v) is 7.01. The van der Waals surface area contributed by atoms with Crippen molar-refractivity contribution in [1.29, 1.82) is 0 Å². The monoisotopic (exact) mass is 373 g/mol. The Balaban J connectivity index is 1.53. The molecule has 0 spiro atoms. The van der Waals surface area contributed by atoms with Crippen LogP contribution in [0.5, 0.6) is 0 Å². The zero-order valence-electron chi connectivity index (χ0n) is 12.0. The van der Waals surface area contributed by atoms with E-state index in [0.717, 1.165) is 12.8 Å². The second kappa shape index (κ2) is 6.71. The van der Waals surface area contributed by atoms with Gasteiger partial charge in [-0.2, -0.15) is 0 Å². The summed E-state index contributed by atoms with van der Waals surface area (Å²) in [6.45, 7) is -0.354. The molecule has 0 aliphatic heterocycles. The van der Waals surface area contributed by atoms with Gasteiger partial charge in [0.05, 0.1) is 26.7 Å². The summed E-state index contributed by atoms with van der Waals surface area (Å²) in [5.74, 6) is -0.206. The predicted octanol–water partition coefficient (Wildman–Crippen LogP) is 4.34. The Bertz CT molecular complexity index is 689. The molecule has 4 nitrogen and oxygen atoms in total. The number of esters is 1. The Morgan fingerprint density at radius 3 is 2.48 bits per heavy atom. The Morgan fingerprint density at radius 2 is 1.83 bits per heavy atom. The van der Waals surface area contributed by atoms with Crippen LogP contribution in [-0.4, -0.2) is 18.5 Å². The van der Waals surface area contributed by atoms with Crippen molar-refractivity contribution < 1.29 is 14.3 Å². The fourth-order valence-corrected chi connectivity index (χ4v) is 3.69. The van der Waals surface area contributed by atoms with E-state index < -0.39 is 5.91 Å².